The highest BCUT2D eigenvalue weighted by molar-refractivity contribution is 6.04. The molecule has 0 unspecified atom stereocenters. The van der Waals surface area contributed by atoms with Gasteiger partial charge in [0.2, 0.25) is 0 Å². The molecular weight excluding hydrogens is 476 g/mol. The number of fused-ring (bicyclic) bond motifs is 2. The van der Waals surface area contributed by atoms with Gasteiger partial charge in [0.1, 0.15) is 23.1 Å². The minimum Gasteiger partial charge on any atom is -0.454 e. The highest BCUT2D eigenvalue weighted by atomic mass is 19.4. The number of hydrogen-bond donors (Lipinski definition) is 1. The molecule has 1 saturated heterocycles. The Kier molecular flexibility index (Phi) is 6.03. The van der Waals surface area contributed by atoms with Crippen LogP contribution in [0.4, 0.5) is 33.7 Å². The van der Waals surface area contributed by atoms with Gasteiger partial charge in [-0.05, 0) is 55.5 Å². The van der Waals surface area contributed by atoms with Crippen molar-refractivity contribution < 1.29 is 27.1 Å². The van der Waals surface area contributed by atoms with E-state index in [-0.39, 0.29) is 23.5 Å². The van der Waals surface area contributed by atoms with Crippen LogP contribution < -0.4 is 10.1 Å². The average Bonchev–Trinajstić information content (AvgIpc) is 2.99. The molecule has 1 fully saturated rings. The van der Waals surface area contributed by atoms with Crippen LogP contribution in [0.2, 0.25) is 0 Å². The minimum atomic E-state index is -4.51. The summed E-state index contributed by atoms with van der Waals surface area (Å²) in [4.78, 5) is 21.2. The standard InChI is InChI=1S/C26H22F4N4O2/c1-16-15-33(11-12-34(16)25(35)31-19-6-4-5-18(27)14-19)24-20-7-2-3-8-22(20)36-23-13-17(26(28,29)30)9-10-21(23)32-24/h2-10,13-14,16H,11-12,15H2,1H3,(H,31,35)/t16-/m0/s1. The van der Waals surface area contributed by atoms with E-state index in [1.807, 2.05) is 11.8 Å². The molecule has 10 heteroatoms. The molecule has 0 aliphatic carbocycles. The number of para-hydroxylation sites is 1. The Morgan fingerprint density at radius 1 is 1.03 bits per heavy atom. The van der Waals surface area contributed by atoms with Gasteiger partial charge in [-0.1, -0.05) is 18.2 Å². The highest BCUT2D eigenvalue weighted by Gasteiger charge is 2.34. The van der Waals surface area contributed by atoms with Crippen molar-refractivity contribution in [1.82, 2.24) is 9.80 Å². The van der Waals surface area contributed by atoms with Crippen LogP contribution in [0.15, 0.2) is 71.7 Å². The molecule has 2 heterocycles. The maximum Gasteiger partial charge on any atom is 0.416 e. The number of nitrogens with one attached hydrogen (secondary N) is 1. The van der Waals surface area contributed by atoms with Crippen molar-refractivity contribution in [3.63, 3.8) is 0 Å². The van der Waals surface area contributed by atoms with Gasteiger partial charge >= 0.3 is 12.2 Å². The van der Waals surface area contributed by atoms with Crippen LogP contribution in [-0.4, -0.2) is 47.3 Å². The predicted octanol–water partition coefficient (Wildman–Crippen LogP) is 6.27. The zero-order valence-electron chi connectivity index (χ0n) is 19.2. The van der Waals surface area contributed by atoms with Crippen molar-refractivity contribution >= 4 is 23.2 Å². The van der Waals surface area contributed by atoms with E-state index in [9.17, 15) is 22.4 Å². The summed E-state index contributed by atoms with van der Waals surface area (Å²) in [6.45, 7) is 3.12. The van der Waals surface area contributed by atoms with Crippen molar-refractivity contribution in [2.24, 2.45) is 4.99 Å². The molecule has 36 heavy (non-hydrogen) atoms. The first kappa shape index (κ1) is 23.7. The van der Waals surface area contributed by atoms with E-state index in [0.29, 0.717) is 42.5 Å². The van der Waals surface area contributed by atoms with Gasteiger partial charge in [-0.15, -0.1) is 0 Å². The Labute approximate surface area is 204 Å². The van der Waals surface area contributed by atoms with Crippen LogP contribution in [-0.2, 0) is 6.18 Å². The lowest BCUT2D eigenvalue weighted by Gasteiger charge is -2.41. The average molecular weight is 498 g/mol. The van der Waals surface area contributed by atoms with Crippen LogP contribution in [0.1, 0.15) is 18.1 Å². The first-order valence-electron chi connectivity index (χ1n) is 11.3. The van der Waals surface area contributed by atoms with Gasteiger partial charge in [0.05, 0.1) is 11.1 Å². The Bertz CT molecular complexity index is 1340. The zero-order valence-corrected chi connectivity index (χ0v) is 19.2. The summed E-state index contributed by atoms with van der Waals surface area (Å²) in [5, 5.41) is 2.72. The first-order valence-corrected chi connectivity index (χ1v) is 11.3. The molecule has 3 aromatic carbocycles. The lowest BCUT2D eigenvalue weighted by atomic mass is 10.1. The van der Waals surface area contributed by atoms with Crippen molar-refractivity contribution in [3.8, 4) is 11.5 Å². The molecular formula is C26H22F4N4O2. The number of aliphatic imine (C=N–C) groups is 1. The summed E-state index contributed by atoms with van der Waals surface area (Å²) < 4.78 is 59.2. The number of urea groups is 1. The molecule has 0 radical (unpaired) electrons. The Hall–Kier alpha value is -4.08. The molecule has 2 aliphatic heterocycles. The molecule has 3 aromatic rings. The molecule has 186 valence electrons. The fourth-order valence-electron chi connectivity index (χ4n) is 4.35. The maximum atomic E-state index is 13.5. The van der Waals surface area contributed by atoms with Crippen molar-refractivity contribution in [2.75, 3.05) is 25.0 Å². The maximum absolute atomic E-state index is 13.5. The van der Waals surface area contributed by atoms with E-state index in [1.165, 1.54) is 24.3 Å². The minimum absolute atomic E-state index is 0.0217. The number of carbonyl (C=O) groups is 1. The number of alkyl halides is 3. The molecule has 5 rings (SSSR count). The van der Waals surface area contributed by atoms with E-state index in [0.717, 1.165) is 12.1 Å². The number of benzene rings is 3. The monoisotopic (exact) mass is 498 g/mol. The number of amides is 2. The van der Waals surface area contributed by atoms with E-state index in [2.05, 4.69) is 5.32 Å². The van der Waals surface area contributed by atoms with E-state index in [4.69, 9.17) is 9.73 Å². The summed E-state index contributed by atoms with van der Waals surface area (Å²) in [5.74, 6) is 0.531. The van der Waals surface area contributed by atoms with E-state index >= 15 is 0 Å². The molecule has 1 atom stereocenters. The second-order valence-electron chi connectivity index (χ2n) is 8.64. The van der Waals surface area contributed by atoms with Gasteiger partial charge in [-0.3, -0.25) is 0 Å². The lowest BCUT2D eigenvalue weighted by molar-refractivity contribution is -0.137. The van der Waals surface area contributed by atoms with Crippen LogP contribution in [0, 0.1) is 5.82 Å². The van der Waals surface area contributed by atoms with E-state index in [1.54, 1.807) is 35.2 Å². The number of nitrogens with zero attached hydrogens (tertiary/aromatic N) is 3. The third kappa shape index (κ3) is 4.71. The van der Waals surface area contributed by atoms with Gasteiger partial charge in [0, 0.05) is 31.4 Å². The number of rotatable bonds is 1. The molecule has 0 aromatic heterocycles. The molecule has 1 N–H and O–H groups in total. The largest absolute Gasteiger partial charge is 0.454 e. The number of carbonyl (C=O) groups excluding carboxylic acids is 1. The highest BCUT2D eigenvalue weighted by Crippen LogP contribution is 2.42. The summed E-state index contributed by atoms with van der Waals surface area (Å²) in [5.41, 5.74) is 0.480. The molecule has 0 spiro atoms. The topological polar surface area (TPSA) is 57.2 Å². The normalized spacial score (nSPS) is 17.4. The SMILES string of the molecule is C[C@H]1CN(C2=Nc3ccc(C(F)(F)F)cc3Oc3ccccc32)CCN1C(=O)Nc1cccc(F)c1. The number of anilines is 1. The summed E-state index contributed by atoms with van der Waals surface area (Å²) in [6.07, 6.45) is -4.51. The van der Waals surface area contributed by atoms with Crippen molar-refractivity contribution in [1.29, 1.82) is 0 Å². The smallest absolute Gasteiger partial charge is 0.416 e. The van der Waals surface area contributed by atoms with Crippen LogP contribution >= 0.6 is 0 Å². The quantitative estimate of drug-likeness (QED) is 0.403. The van der Waals surface area contributed by atoms with Crippen LogP contribution in [0.25, 0.3) is 0 Å². The van der Waals surface area contributed by atoms with E-state index < -0.39 is 17.6 Å². The number of amidine groups is 1. The fraction of sp³-hybridized carbons (Fsp3) is 0.231. The van der Waals surface area contributed by atoms with Gasteiger partial charge < -0.3 is 19.9 Å². The van der Waals surface area contributed by atoms with Crippen molar-refractivity contribution in [2.45, 2.75) is 19.1 Å². The van der Waals surface area contributed by atoms with Gasteiger partial charge in [-0.2, -0.15) is 13.2 Å². The van der Waals surface area contributed by atoms with Gasteiger partial charge in [0.25, 0.3) is 0 Å². The predicted molar refractivity (Wildman–Crippen MR) is 127 cm³/mol. The van der Waals surface area contributed by atoms with Crippen LogP contribution in [0.5, 0.6) is 11.5 Å². The Balaban J connectivity index is 1.41. The summed E-state index contributed by atoms with van der Waals surface area (Å²) >= 11 is 0. The molecule has 2 amide bonds. The first-order chi connectivity index (χ1) is 17.2. The Morgan fingerprint density at radius 2 is 1.83 bits per heavy atom. The summed E-state index contributed by atoms with van der Waals surface area (Å²) in [6, 6.07) is 15.4. The summed E-state index contributed by atoms with van der Waals surface area (Å²) in [7, 11) is 0. The molecule has 6 nitrogen and oxygen atoms in total. The number of ether oxygens (including phenoxy) is 1. The van der Waals surface area contributed by atoms with Crippen molar-refractivity contribution in [3.05, 3.63) is 83.7 Å². The number of piperazine rings is 1. The molecule has 0 bridgehead atoms. The van der Waals surface area contributed by atoms with Gasteiger partial charge in [0.15, 0.2) is 5.75 Å². The third-order valence-corrected chi connectivity index (χ3v) is 6.13. The zero-order chi connectivity index (χ0) is 25.4. The number of hydrogen-bond acceptors (Lipinski definition) is 4. The third-order valence-electron chi connectivity index (χ3n) is 6.13. The molecule has 0 saturated carbocycles. The lowest BCUT2D eigenvalue weighted by Crippen LogP contribution is -2.56. The fourth-order valence-corrected chi connectivity index (χ4v) is 4.35. The number of halogens is 4. The Morgan fingerprint density at radius 3 is 2.58 bits per heavy atom. The second kappa shape index (κ2) is 9.18. The second-order valence-corrected chi connectivity index (χ2v) is 8.64. The molecule has 2 aliphatic rings. The van der Waals surface area contributed by atoms with Crippen LogP contribution in [0.3, 0.4) is 0 Å². The van der Waals surface area contributed by atoms with Gasteiger partial charge in [-0.25, -0.2) is 14.2 Å².